The Morgan fingerprint density at radius 2 is 2.27 bits per heavy atom. The highest BCUT2D eigenvalue weighted by molar-refractivity contribution is 14.1. The maximum absolute atomic E-state index is 10.4. The van der Waals surface area contributed by atoms with Crippen LogP contribution in [0.15, 0.2) is 0 Å². The van der Waals surface area contributed by atoms with Crippen molar-refractivity contribution in [1.29, 1.82) is 0 Å². The second-order valence-electron chi connectivity index (χ2n) is 2.61. The molecule has 0 saturated carbocycles. The summed E-state index contributed by atoms with van der Waals surface area (Å²) in [5, 5.41) is 0. The highest BCUT2D eigenvalue weighted by atomic mass is 127. The van der Waals surface area contributed by atoms with Crippen molar-refractivity contribution in [2.24, 2.45) is 5.92 Å². The lowest BCUT2D eigenvalue weighted by Gasteiger charge is -2.11. The van der Waals surface area contributed by atoms with Crippen LogP contribution < -0.4 is 0 Å². The maximum atomic E-state index is 10.4. The summed E-state index contributed by atoms with van der Waals surface area (Å²) >= 11 is 2.33. The van der Waals surface area contributed by atoms with Gasteiger partial charge < -0.3 is 4.74 Å². The van der Waals surface area contributed by atoms with E-state index in [0.29, 0.717) is 12.5 Å². The molecule has 0 radical (unpaired) electrons. The van der Waals surface area contributed by atoms with Crippen molar-refractivity contribution >= 4 is 28.6 Å². The van der Waals surface area contributed by atoms with E-state index in [-0.39, 0.29) is 5.97 Å². The van der Waals surface area contributed by atoms with Crippen molar-refractivity contribution in [3.05, 3.63) is 0 Å². The summed E-state index contributed by atoms with van der Waals surface area (Å²) < 4.78 is 5.97. The molecule has 0 aliphatic heterocycles. The van der Waals surface area contributed by atoms with E-state index >= 15 is 0 Å². The molecule has 11 heavy (non-hydrogen) atoms. The largest absolute Gasteiger partial charge is 0.466 e. The predicted molar refractivity (Wildman–Crippen MR) is 53.9 cm³/mol. The molecule has 2 nitrogen and oxygen atoms in total. The third-order valence-corrected chi connectivity index (χ3v) is 2.68. The van der Waals surface area contributed by atoms with Gasteiger partial charge in [0.25, 0.3) is 0 Å². The number of hydrogen-bond acceptors (Lipinski definition) is 2. The van der Waals surface area contributed by atoms with Crippen molar-refractivity contribution in [1.82, 2.24) is 0 Å². The minimum absolute atomic E-state index is 0.170. The van der Waals surface area contributed by atoms with Crippen LogP contribution in [0.3, 0.4) is 0 Å². The normalized spacial score (nSPS) is 12.6. The van der Waals surface area contributed by atoms with Gasteiger partial charge in [-0.1, -0.05) is 35.9 Å². The van der Waals surface area contributed by atoms with E-state index in [1.54, 1.807) is 0 Å². The molecule has 0 amide bonds. The number of hydrogen-bond donors (Lipinski definition) is 0. The molecule has 66 valence electrons. The fourth-order valence-electron chi connectivity index (χ4n) is 0.848. The van der Waals surface area contributed by atoms with Crippen molar-refractivity contribution in [2.75, 3.05) is 11.0 Å². The van der Waals surface area contributed by atoms with E-state index < -0.39 is 0 Å². The Hall–Kier alpha value is 0.200. The molecule has 0 fully saturated rings. The molecule has 0 aliphatic rings. The fourth-order valence-corrected chi connectivity index (χ4v) is 1.54. The summed E-state index contributed by atoms with van der Waals surface area (Å²) in [6, 6.07) is 0. The van der Waals surface area contributed by atoms with E-state index in [4.69, 9.17) is 4.74 Å². The molecule has 3 heteroatoms. The van der Waals surface area contributed by atoms with Crippen molar-refractivity contribution in [3.8, 4) is 0 Å². The Labute approximate surface area is 81.8 Å². The number of carbonyl (C=O) groups is 1. The minimum atomic E-state index is -0.170. The van der Waals surface area contributed by atoms with Crippen molar-refractivity contribution in [2.45, 2.75) is 26.7 Å². The predicted octanol–water partition coefficient (Wildman–Crippen LogP) is 2.40. The Bertz CT molecular complexity index is 115. The van der Waals surface area contributed by atoms with E-state index in [1.807, 2.05) is 0 Å². The quantitative estimate of drug-likeness (QED) is 0.435. The van der Waals surface area contributed by atoms with Crippen molar-refractivity contribution < 1.29 is 9.53 Å². The molecule has 0 heterocycles. The molecule has 0 saturated heterocycles. The fraction of sp³-hybridized carbons (Fsp3) is 0.875. The van der Waals surface area contributed by atoms with Gasteiger partial charge in [-0.05, 0) is 6.42 Å². The summed E-state index contributed by atoms with van der Waals surface area (Å²) in [5.74, 6) is 0.375. The molecule has 0 rings (SSSR count). The topological polar surface area (TPSA) is 26.3 Å². The van der Waals surface area contributed by atoms with Crippen LogP contribution >= 0.6 is 22.6 Å². The number of ether oxygens (including phenoxy) is 1. The standard InChI is InChI=1S/C8H15IO2/c1-3-4-8(5-9)6-11-7(2)10/h8H,3-6H2,1-2H3. The van der Waals surface area contributed by atoms with Crippen LogP contribution in [-0.4, -0.2) is 17.0 Å². The first kappa shape index (κ1) is 11.2. The lowest BCUT2D eigenvalue weighted by atomic mass is 10.1. The zero-order chi connectivity index (χ0) is 8.69. The van der Waals surface area contributed by atoms with Crippen LogP contribution in [0.25, 0.3) is 0 Å². The molecule has 0 spiro atoms. The molecule has 0 aromatic heterocycles. The van der Waals surface area contributed by atoms with Gasteiger partial charge in [-0.3, -0.25) is 4.79 Å². The Morgan fingerprint density at radius 1 is 1.64 bits per heavy atom. The Kier molecular flexibility index (Phi) is 7.01. The van der Waals surface area contributed by atoms with Gasteiger partial charge >= 0.3 is 5.97 Å². The lowest BCUT2D eigenvalue weighted by Crippen LogP contribution is -2.13. The third kappa shape index (κ3) is 6.59. The average molecular weight is 270 g/mol. The van der Waals surface area contributed by atoms with E-state index in [0.717, 1.165) is 17.3 Å². The molecular formula is C8H15IO2. The lowest BCUT2D eigenvalue weighted by molar-refractivity contribution is -0.142. The summed E-state index contributed by atoms with van der Waals surface area (Å²) in [4.78, 5) is 10.4. The SMILES string of the molecule is CCCC(CI)COC(C)=O. The van der Waals surface area contributed by atoms with Crippen LogP contribution in [0.4, 0.5) is 0 Å². The van der Waals surface area contributed by atoms with Crippen molar-refractivity contribution in [3.63, 3.8) is 0 Å². The highest BCUT2D eigenvalue weighted by Gasteiger charge is 2.06. The monoisotopic (exact) mass is 270 g/mol. The van der Waals surface area contributed by atoms with Crippen LogP contribution in [0.2, 0.25) is 0 Å². The molecular weight excluding hydrogens is 255 g/mol. The first-order valence-corrected chi connectivity index (χ1v) is 5.42. The Morgan fingerprint density at radius 3 is 2.64 bits per heavy atom. The summed E-state index contributed by atoms with van der Waals surface area (Å²) in [6.07, 6.45) is 2.31. The molecule has 1 atom stereocenters. The smallest absolute Gasteiger partial charge is 0.302 e. The molecule has 0 aliphatic carbocycles. The number of halogens is 1. The maximum Gasteiger partial charge on any atom is 0.302 e. The first-order valence-electron chi connectivity index (χ1n) is 3.90. The highest BCUT2D eigenvalue weighted by Crippen LogP contribution is 2.10. The molecule has 0 aromatic rings. The van der Waals surface area contributed by atoms with Crippen LogP contribution in [0, 0.1) is 5.92 Å². The van der Waals surface area contributed by atoms with Gasteiger partial charge in [-0.25, -0.2) is 0 Å². The van der Waals surface area contributed by atoms with Gasteiger partial charge in [0.05, 0.1) is 6.61 Å². The molecule has 0 N–H and O–H groups in total. The zero-order valence-corrected chi connectivity index (χ0v) is 9.26. The zero-order valence-electron chi connectivity index (χ0n) is 7.10. The first-order chi connectivity index (χ1) is 5.20. The molecule has 0 aromatic carbocycles. The molecule has 1 unspecified atom stereocenters. The average Bonchev–Trinajstić information content (AvgIpc) is 1.97. The summed E-state index contributed by atoms with van der Waals surface area (Å²) in [6.45, 7) is 4.19. The van der Waals surface area contributed by atoms with Gasteiger partial charge in [-0.15, -0.1) is 0 Å². The van der Waals surface area contributed by atoms with Gasteiger partial charge in [0.15, 0.2) is 0 Å². The van der Waals surface area contributed by atoms with Crippen LogP contribution in [0.1, 0.15) is 26.7 Å². The number of esters is 1. The van der Waals surface area contributed by atoms with Gasteiger partial charge in [-0.2, -0.15) is 0 Å². The van der Waals surface area contributed by atoms with Crippen LogP contribution in [-0.2, 0) is 9.53 Å². The van der Waals surface area contributed by atoms with Gasteiger partial charge in [0.2, 0.25) is 0 Å². The minimum Gasteiger partial charge on any atom is -0.466 e. The number of carbonyl (C=O) groups excluding carboxylic acids is 1. The van der Waals surface area contributed by atoms with E-state index in [9.17, 15) is 4.79 Å². The van der Waals surface area contributed by atoms with E-state index in [2.05, 4.69) is 29.5 Å². The third-order valence-electron chi connectivity index (χ3n) is 1.44. The molecule has 0 bridgehead atoms. The van der Waals surface area contributed by atoms with E-state index in [1.165, 1.54) is 6.92 Å². The summed E-state index contributed by atoms with van der Waals surface area (Å²) in [7, 11) is 0. The number of alkyl halides is 1. The second-order valence-corrected chi connectivity index (χ2v) is 3.49. The van der Waals surface area contributed by atoms with Gasteiger partial charge in [0.1, 0.15) is 0 Å². The second kappa shape index (κ2) is 6.88. The van der Waals surface area contributed by atoms with Gasteiger partial charge in [0, 0.05) is 17.3 Å². The Balaban J connectivity index is 3.43. The number of rotatable bonds is 5. The summed E-state index contributed by atoms with van der Waals surface area (Å²) in [5.41, 5.74) is 0. The van der Waals surface area contributed by atoms with Crippen LogP contribution in [0.5, 0.6) is 0 Å².